The summed E-state index contributed by atoms with van der Waals surface area (Å²) in [6, 6.07) is 7.92. The minimum absolute atomic E-state index is 0.0169. The molecule has 0 aromatic heterocycles. The van der Waals surface area contributed by atoms with Crippen LogP contribution in [-0.2, 0) is 11.3 Å². The lowest BCUT2D eigenvalue weighted by atomic mass is 9.71. The maximum atomic E-state index is 12.7. The minimum atomic E-state index is 0.0169. The smallest absolute Gasteiger partial charge is 0.223 e. The van der Waals surface area contributed by atoms with Crippen LogP contribution in [0.4, 0.5) is 0 Å². The molecule has 1 amide bonds. The molecule has 1 saturated carbocycles. The number of nitrogens with two attached hydrogens (primary N) is 1. The van der Waals surface area contributed by atoms with Crippen LogP contribution in [-0.4, -0.2) is 31.0 Å². The second kappa shape index (κ2) is 8.34. The molecule has 1 aromatic carbocycles. The number of hydrogen-bond donors (Lipinski definition) is 1. The average molecular weight is 318 g/mol. The van der Waals surface area contributed by atoms with Gasteiger partial charge in [0.15, 0.2) is 0 Å². The van der Waals surface area contributed by atoms with E-state index in [0.29, 0.717) is 26.1 Å². The molecule has 0 heterocycles. The van der Waals surface area contributed by atoms with Crippen LogP contribution >= 0.6 is 0 Å². The molecule has 0 unspecified atom stereocenters. The molecule has 2 N–H and O–H groups in total. The number of amides is 1. The van der Waals surface area contributed by atoms with E-state index in [0.717, 1.165) is 24.2 Å². The molecule has 0 aliphatic heterocycles. The van der Waals surface area contributed by atoms with Gasteiger partial charge < -0.3 is 15.4 Å². The number of ether oxygens (including phenoxy) is 1. The molecule has 4 heteroatoms. The number of hydrogen-bond acceptors (Lipinski definition) is 3. The zero-order chi connectivity index (χ0) is 16.7. The summed E-state index contributed by atoms with van der Waals surface area (Å²) in [4.78, 5) is 14.5. The standard InChI is InChI=1S/C19H30N2O2/c1-3-23-17-10-6-5-9-16(17)14-21(2)18(22)13-19(15-20)11-7-4-8-12-19/h5-6,9-10H,3-4,7-8,11-15,20H2,1-2H3. The van der Waals surface area contributed by atoms with E-state index in [4.69, 9.17) is 10.5 Å². The fraction of sp³-hybridized carbons (Fsp3) is 0.632. The van der Waals surface area contributed by atoms with Crippen molar-refractivity contribution in [1.29, 1.82) is 0 Å². The van der Waals surface area contributed by atoms with Gasteiger partial charge in [0.25, 0.3) is 0 Å². The predicted molar refractivity (Wildman–Crippen MR) is 93.3 cm³/mol. The second-order valence-corrected chi connectivity index (χ2v) is 6.73. The first-order valence-electron chi connectivity index (χ1n) is 8.75. The fourth-order valence-electron chi connectivity index (χ4n) is 3.49. The van der Waals surface area contributed by atoms with Gasteiger partial charge in [0.05, 0.1) is 6.61 Å². The molecule has 0 spiro atoms. The van der Waals surface area contributed by atoms with Gasteiger partial charge in [0.1, 0.15) is 5.75 Å². The number of rotatable bonds is 7. The van der Waals surface area contributed by atoms with Gasteiger partial charge in [0.2, 0.25) is 5.91 Å². The molecule has 1 fully saturated rings. The van der Waals surface area contributed by atoms with Crippen LogP contribution in [0.15, 0.2) is 24.3 Å². The highest BCUT2D eigenvalue weighted by molar-refractivity contribution is 5.76. The van der Waals surface area contributed by atoms with Crippen molar-refractivity contribution in [1.82, 2.24) is 4.90 Å². The molecule has 0 atom stereocenters. The summed E-state index contributed by atoms with van der Waals surface area (Å²) >= 11 is 0. The first kappa shape index (κ1) is 17.8. The highest BCUT2D eigenvalue weighted by Gasteiger charge is 2.33. The zero-order valence-electron chi connectivity index (χ0n) is 14.5. The molecule has 4 nitrogen and oxygen atoms in total. The Bertz CT molecular complexity index is 510. The summed E-state index contributed by atoms with van der Waals surface area (Å²) in [5.41, 5.74) is 7.08. The van der Waals surface area contributed by atoms with Crippen LogP contribution in [0.1, 0.15) is 51.0 Å². The van der Waals surface area contributed by atoms with Gasteiger partial charge in [-0.15, -0.1) is 0 Å². The van der Waals surface area contributed by atoms with Gasteiger partial charge in [-0.3, -0.25) is 4.79 Å². The molecule has 23 heavy (non-hydrogen) atoms. The summed E-state index contributed by atoms with van der Waals surface area (Å²) in [5.74, 6) is 1.05. The normalized spacial score (nSPS) is 16.8. The molecule has 1 aromatic rings. The lowest BCUT2D eigenvalue weighted by Gasteiger charge is -2.36. The molecule has 0 bridgehead atoms. The third-order valence-corrected chi connectivity index (χ3v) is 4.98. The SMILES string of the molecule is CCOc1ccccc1CN(C)C(=O)CC1(CN)CCCCC1. The van der Waals surface area contributed by atoms with E-state index in [1.165, 1.54) is 19.3 Å². The van der Waals surface area contributed by atoms with Crippen molar-refractivity contribution >= 4 is 5.91 Å². The molecular weight excluding hydrogens is 288 g/mol. The Hall–Kier alpha value is -1.55. The van der Waals surface area contributed by atoms with Gasteiger partial charge in [-0.2, -0.15) is 0 Å². The molecule has 2 rings (SSSR count). The highest BCUT2D eigenvalue weighted by atomic mass is 16.5. The summed E-state index contributed by atoms with van der Waals surface area (Å²) < 4.78 is 5.65. The van der Waals surface area contributed by atoms with Crippen LogP contribution in [0.25, 0.3) is 0 Å². The highest BCUT2D eigenvalue weighted by Crippen LogP contribution is 2.38. The maximum Gasteiger partial charge on any atom is 0.223 e. The quantitative estimate of drug-likeness (QED) is 0.839. The number of benzene rings is 1. The lowest BCUT2D eigenvalue weighted by Crippen LogP contribution is -2.39. The number of para-hydroxylation sites is 1. The summed E-state index contributed by atoms with van der Waals surface area (Å²) in [6.07, 6.45) is 6.39. The molecule has 128 valence electrons. The van der Waals surface area contributed by atoms with Crippen molar-refractivity contribution in [2.45, 2.75) is 52.0 Å². The Morgan fingerprint density at radius 1 is 1.26 bits per heavy atom. The Morgan fingerprint density at radius 2 is 1.96 bits per heavy atom. The summed E-state index contributed by atoms with van der Waals surface area (Å²) in [7, 11) is 1.87. The first-order valence-corrected chi connectivity index (χ1v) is 8.75. The van der Waals surface area contributed by atoms with E-state index >= 15 is 0 Å². The minimum Gasteiger partial charge on any atom is -0.494 e. The topological polar surface area (TPSA) is 55.6 Å². The van der Waals surface area contributed by atoms with Crippen LogP contribution in [0.3, 0.4) is 0 Å². The van der Waals surface area contributed by atoms with E-state index < -0.39 is 0 Å². The summed E-state index contributed by atoms with van der Waals surface area (Å²) in [5, 5.41) is 0. The van der Waals surface area contributed by atoms with Crippen molar-refractivity contribution in [3.63, 3.8) is 0 Å². The first-order chi connectivity index (χ1) is 11.1. The van der Waals surface area contributed by atoms with Crippen LogP contribution < -0.4 is 10.5 Å². The molecule has 0 radical (unpaired) electrons. The van der Waals surface area contributed by atoms with Gasteiger partial charge in [-0.05, 0) is 37.8 Å². The third-order valence-electron chi connectivity index (χ3n) is 4.98. The van der Waals surface area contributed by atoms with Gasteiger partial charge >= 0.3 is 0 Å². The molecular formula is C19H30N2O2. The van der Waals surface area contributed by atoms with Gasteiger partial charge in [0, 0.05) is 25.6 Å². The fourth-order valence-corrected chi connectivity index (χ4v) is 3.49. The number of carbonyl (C=O) groups is 1. The maximum absolute atomic E-state index is 12.7. The summed E-state index contributed by atoms with van der Waals surface area (Å²) in [6.45, 7) is 3.79. The number of carbonyl (C=O) groups excluding carboxylic acids is 1. The van der Waals surface area contributed by atoms with Crippen molar-refractivity contribution in [2.75, 3.05) is 20.2 Å². The zero-order valence-corrected chi connectivity index (χ0v) is 14.5. The Morgan fingerprint density at radius 3 is 2.61 bits per heavy atom. The van der Waals surface area contributed by atoms with Crippen molar-refractivity contribution < 1.29 is 9.53 Å². The monoisotopic (exact) mass is 318 g/mol. The van der Waals surface area contributed by atoms with Crippen molar-refractivity contribution in [3.05, 3.63) is 29.8 Å². The van der Waals surface area contributed by atoms with Crippen molar-refractivity contribution in [2.24, 2.45) is 11.1 Å². The molecule has 1 aliphatic carbocycles. The Kier molecular flexibility index (Phi) is 6.46. The second-order valence-electron chi connectivity index (χ2n) is 6.73. The Labute approximate surface area is 140 Å². The predicted octanol–water partition coefficient (Wildman–Crippen LogP) is 3.34. The number of nitrogens with zero attached hydrogens (tertiary/aromatic N) is 1. The molecule has 1 aliphatic rings. The van der Waals surface area contributed by atoms with Gasteiger partial charge in [-0.1, -0.05) is 37.5 Å². The van der Waals surface area contributed by atoms with Crippen LogP contribution in [0.5, 0.6) is 5.75 Å². The lowest BCUT2D eigenvalue weighted by molar-refractivity contribution is -0.133. The Balaban J connectivity index is 1.99. The molecule has 0 saturated heterocycles. The third kappa shape index (κ3) is 4.71. The van der Waals surface area contributed by atoms with Crippen LogP contribution in [0.2, 0.25) is 0 Å². The van der Waals surface area contributed by atoms with E-state index in [1.54, 1.807) is 0 Å². The van der Waals surface area contributed by atoms with Crippen molar-refractivity contribution in [3.8, 4) is 5.75 Å². The van der Waals surface area contributed by atoms with Gasteiger partial charge in [-0.25, -0.2) is 0 Å². The van der Waals surface area contributed by atoms with E-state index in [1.807, 2.05) is 43.1 Å². The van der Waals surface area contributed by atoms with E-state index in [2.05, 4.69) is 0 Å². The van der Waals surface area contributed by atoms with E-state index in [-0.39, 0.29) is 11.3 Å². The largest absolute Gasteiger partial charge is 0.494 e. The average Bonchev–Trinajstić information content (AvgIpc) is 2.57. The van der Waals surface area contributed by atoms with E-state index in [9.17, 15) is 4.79 Å². The van der Waals surface area contributed by atoms with Crippen LogP contribution in [0, 0.1) is 5.41 Å².